The van der Waals surface area contributed by atoms with Crippen molar-refractivity contribution in [3.05, 3.63) is 35.9 Å². The summed E-state index contributed by atoms with van der Waals surface area (Å²) in [5.74, 6) is 0.723. The molecule has 2 fully saturated rings. The molecule has 0 radical (unpaired) electrons. The van der Waals surface area contributed by atoms with E-state index in [0.717, 1.165) is 25.1 Å². The number of rotatable bonds is 6. The van der Waals surface area contributed by atoms with Crippen molar-refractivity contribution in [2.75, 3.05) is 13.2 Å². The highest BCUT2D eigenvalue weighted by molar-refractivity contribution is 5.76. The Bertz CT molecular complexity index is 529. The topological polar surface area (TPSA) is 50.4 Å². The van der Waals surface area contributed by atoms with E-state index in [0.29, 0.717) is 31.0 Å². The van der Waals surface area contributed by atoms with Crippen LogP contribution in [-0.4, -0.2) is 31.2 Å². The van der Waals surface area contributed by atoms with Crippen LogP contribution in [0.3, 0.4) is 0 Å². The standard InChI is InChI=1S/C19H28N2O2/c1-19(2)17(15-9-6-12-23-18(15)19)20-11-10-16(22)21-13-14-7-4-3-5-8-14/h3-5,7-8,15,17-18,20H,6,9-13H2,1-2H3,(H,21,22)/t15-,17-,18+/m1/s1. The molecular weight excluding hydrogens is 288 g/mol. The molecule has 4 nitrogen and oxygen atoms in total. The molecule has 1 saturated carbocycles. The van der Waals surface area contributed by atoms with E-state index >= 15 is 0 Å². The van der Waals surface area contributed by atoms with Crippen molar-refractivity contribution in [3.63, 3.8) is 0 Å². The van der Waals surface area contributed by atoms with Crippen LogP contribution in [0.1, 0.15) is 38.7 Å². The lowest BCUT2D eigenvalue weighted by Crippen LogP contribution is -2.69. The van der Waals surface area contributed by atoms with Crippen molar-refractivity contribution >= 4 is 5.91 Å². The van der Waals surface area contributed by atoms with Gasteiger partial charge < -0.3 is 15.4 Å². The fourth-order valence-electron chi connectivity index (χ4n) is 4.16. The number of hydrogen-bond donors (Lipinski definition) is 2. The first-order valence-electron chi connectivity index (χ1n) is 8.74. The van der Waals surface area contributed by atoms with Crippen LogP contribution < -0.4 is 10.6 Å². The smallest absolute Gasteiger partial charge is 0.221 e. The maximum atomic E-state index is 12.0. The lowest BCUT2D eigenvalue weighted by Gasteiger charge is -2.60. The highest BCUT2D eigenvalue weighted by Gasteiger charge is 2.57. The molecule has 1 aromatic carbocycles. The molecule has 3 rings (SSSR count). The van der Waals surface area contributed by atoms with Gasteiger partial charge in [0, 0.05) is 43.5 Å². The summed E-state index contributed by atoms with van der Waals surface area (Å²) in [5.41, 5.74) is 1.31. The van der Waals surface area contributed by atoms with Gasteiger partial charge >= 0.3 is 0 Å². The molecule has 1 aliphatic heterocycles. The lowest BCUT2D eigenvalue weighted by molar-refractivity contribution is -0.192. The second kappa shape index (κ2) is 7.02. The predicted octanol–water partition coefficient (Wildman–Crippen LogP) is 2.49. The van der Waals surface area contributed by atoms with Crippen LogP contribution in [0.2, 0.25) is 0 Å². The van der Waals surface area contributed by atoms with Crippen LogP contribution in [0.4, 0.5) is 0 Å². The van der Waals surface area contributed by atoms with Crippen LogP contribution in [0.25, 0.3) is 0 Å². The molecule has 126 valence electrons. The molecule has 2 N–H and O–H groups in total. The molecule has 3 atom stereocenters. The Labute approximate surface area is 139 Å². The molecule has 1 amide bonds. The fourth-order valence-corrected chi connectivity index (χ4v) is 4.16. The zero-order valence-corrected chi connectivity index (χ0v) is 14.2. The number of hydrogen-bond acceptors (Lipinski definition) is 3. The number of carbonyl (C=O) groups is 1. The maximum absolute atomic E-state index is 12.0. The van der Waals surface area contributed by atoms with Gasteiger partial charge in [-0.05, 0) is 18.4 Å². The molecule has 1 heterocycles. The van der Waals surface area contributed by atoms with E-state index in [1.54, 1.807) is 0 Å². The second-order valence-corrected chi connectivity index (χ2v) is 7.36. The van der Waals surface area contributed by atoms with Gasteiger partial charge in [-0.1, -0.05) is 44.2 Å². The van der Waals surface area contributed by atoms with Crippen LogP contribution in [0.5, 0.6) is 0 Å². The minimum Gasteiger partial charge on any atom is -0.377 e. The molecule has 4 heteroatoms. The summed E-state index contributed by atoms with van der Waals surface area (Å²) in [6.07, 6.45) is 3.32. The van der Waals surface area contributed by atoms with E-state index in [4.69, 9.17) is 4.74 Å². The zero-order chi connectivity index (χ0) is 16.3. The zero-order valence-electron chi connectivity index (χ0n) is 14.2. The molecule has 1 aromatic rings. The van der Waals surface area contributed by atoms with Gasteiger partial charge in [0.25, 0.3) is 0 Å². The van der Waals surface area contributed by atoms with E-state index in [1.165, 1.54) is 6.42 Å². The summed E-state index contributed by atoms with van der Waals surface area (Å²) >= 11 is 0. The van der Waals surface area contributed by atoms with Gasteiger partial charge in [0.2, 0.25) is 5.91 Å². The summed E-state index contributed by atoms with van der Waals surface area (Å²) in [4.78, 5) is 12.0. The Hall–Kier alpha value is -1.39. The molecule has 0 unspecified atom stereocenters. The van der Waals surface area contributed by atoms with E-state index in [1.807, 2.05) is 30.3 Å². The van der Waals surface area contributed by atoms with Crippen molar-refractivity contribution in [1.82, 2.24) is 10.6 Å². The fraction of sp³-hybridized carbons (Fsp3) is 0.632. The van der Waals surface area contributed by atoms with Crippen molar-refractivity contribution < 1.29 is 9.53 Å². The monoisotopic (exact) mass is 316 g/mol. The molecular formula is C19H28N2O2. The molecule has 23 heavy (non-hydrogen) atoms. The minimum absolute atomic E-state index is 0.106. The molecule has 0 spiro atoms. The van der Waals surface area contributed by atoms with Crippen LogP contribution in [0.15, 0.2) is 30.3 Å². The second-order valence-electron chi connectivity index (χ2n) is 7.36. The summed E-state index contributed by atoms with van der Waals surface area (Å²) < 4.78 is 5.92. The minimum atomic E-state index is 0.106. The van der Waals surface area contributed by atoms with Crippen molar-refractivity contribution in [2.24, 2.45) is 11.3 Å². The van der Waals surface area contributed by atoms with Gasteiger partial charge in [0.15, 0.2) is 0 Å². The third kappa shape index (κ3) is 3.59. The average molecular weight is 316 g/mol. The number of amides is 1. The average Bonchev–Trinajstić information content (AvgIpc) is 2.57. The maximum Gasteiger partial charge on any atom is 0.221 e. The van der Waals surface area contributed by atoms with Gasteiger partial charge in [-0.15, -0.1) is 0 Å². The molecule has 0 aromatic heterocycles. The summed E-state index contributed by atoms with van der Waals surface area (Å²) in [5, 5.41) is 6.58. The number of carbonyl (C=O) groups excluding carboxylic acids is 1. The summed E-state index contributed by atoms with van der Waals surface area (Å²) in [7, 11) is 0. The van der Waals surface area contributed by atoms with E-state index in [9.17, 15) is 4.79 Å². The lowest BCUT2D eigenvalue weighted by atomic mass is 9.55. The molecule has 2 aliphatic rings. The largest absolute Gasteiger partial charge is 0.377 e. The Kier molecular flexibility index (Phi) is 5.02. The Morgan fingerprint density at radius 1 is 1.30 bits per heavy atom. The normalized spacial score (nSPS) is 28.5. The Morgan fingerprint density at radius 3 is 2.87 bits per heavy atom. The van der Waals surface area contributed by atoms with Gasteiger partial charge in [0.1, 0.15) is 0 Å². The molecule has 1 aliphatic carbocycles. The predicted molar refractivity (Wildman–Crippen MR) is 90.9 cm³/mol. The molecule has 0 bridgehead atoms. The van der Waals surface area contributed by atoms with Gasteiger partial charge in [-0.25, -0.2) is 0 Å². The Morgan fingerprint density at radius 2 is 2.09 bits per heavy atom. The van der Waals surface area contributed by atoms with Crippen LogP contribution in [-0.2, 0) is 16.1 Å². The van der Waals surface area contributed by atoms with E-state index in [-0.39, 0.29) is 11.3 Å². The first kappa shape index (κ1) is 16.5. The number of ether oxygens (including phenoxy) is 1. The van der Waals surface area contributed by atoms with Crippen LogP contribution in [0, 0.1) is 11.3 Å². The Balaban J connectivity index is 1.38. The number of benzene rings is 1. The van der Waals surface area contributed by atoms with Crippen molar-refractivity contribution in [3.8, 4) is 0 Å². The highest BCUT2D eigenvalue weighted by Crippen LogP contribution is 2.51. The van der Waals surface area contributed by atoms with Gasteiger partial charge in [-0.2, -0.15) is 0 Å². The first-order chi connectivity index (χ1) is 11.1. The van der Waals surface area contributed by atoms with Crippen molar-refractivity contribution in [2.45, 2.75) is 51.8 Å². The van der Waals surface area contributed by atoms with E-state index < -0.39 is 0 Å². The summed E-state index contributed by atoms with van der Waals surface area (Å²) in [6.45, 7) is 6.78. The number of nitrogens with one attached hydrogen (secondary N) is 2. The third-order valence-electron chi connectivity index (χ3n) is 5.38. The quantitative estimate of drug-likeness (QED) is 0.848. The number of fused-ring (bicyclic) bond motifs is 1. The SMILES string of the molecule is CC1(C)[C@H](NCCC(=O)NCc2ccccc2)[C@H]2CCCO[C@@H]21. The first-order valence-corrected chi connectivity index (χ1v) is 8.74. The molecule has 1 saturated heterocycles. The van der Waals surface area contributed by atoms with Gasteiger partial charge in [0.05, 0.1) is 6.10 Å². The highest BCUT2D eigenvalue weighted by atomic mass is 16.5. The third-order valence-corrected chi connectivity index (χ3v) is 5.38. The van der Waals surface area contributed by atoms with Gasteiger partial charge in [-0.3, -0.25) is 4.79 Å². The summed E-state index contributed by atoms with van der Waals surface area (Å²) in [6, 6.07) is 10.5. The van der Waals surface area contributed by atoms with E-state index in [2.05, 4.69) is 24.5 Å². The van der Waals surface area contributed by atoms with Crippen molar-refractivity contribution in [1.29, 1.82) is 0 Å². The van der Waals surface area contributed by atoms with Crippen LogP contribution >= 0.6 is 0 Å².